The lowest BCUT2D eigenvalue weighted by atomic mass is 10.1. The van der Waals surface area contributed by atoms with Gasteiger partial charge in [-0.3, -0.25) is 14.4 Å². The monoisotopic (exact) mass is 367 g/mol. The van der Waals surface area contributed by atoms with Crippen LogP contribution in [0.2, 0.25) is 0 Å². The van der Waals surface area contributed by atoms with E-state index >= 15 is 0 Å². The predicted octanol–water partition coefficient (Wildman–Crippen LogP) is 3.48. The molecule has 0 saturated carbocycles. The van der Waals surface area contributed by atoms with E-state index in [1.807, 2.05) is 32.9 Å². The number of rotatable bonds is 6. The van der Waals surface area contributed by atoms with Gasteiger partial charge in [0.25, 0.3) is 5.91 Å². The topological polar surface area (TPSA) is 87.3 Å². The first kappa shape index (κ1) is 20.2. The van der Waals surface area contributed by atoms with Crippen molar-refractivity contribution in [3.8, 4) is 0 Å². The molecule has 0 aliphatic rings. The van der Waals surface area contributed by atoms with Crippen LogP contribution in [0.3, 0.4) is 0 Å². The Labute approximate surface area is 159 Å². The van der Waals surface area contributed by atoms with Crippen LogP contribution in [0.1, 0.15) is 42.3 Å². The van der Waals surface area contributed by atoms with Gasteiger partial charge in [0.05, 0.1) is 0 Å². The Morgan fingerprint density at radius 1 is 0.963 bits per heavy atom. The molecule has 3 amide bonds. The molecule has 27 heavy (non-hydrogen) atoms. The maximum absolute atomic E-state index is 12.5. The summed E-state index contributed by atoms with van der Waals surface area (Å²) in [5, 5.41) is 8.42. The second-order valence-corrected chi connectivity index (χ2v) is 6.73. The van der Waals surface area contributed by atoms with Gasteiger partial charge in [0.2, 0.25) is 11.8 Å². The SMILES string of the molecule is CC(=O)NCc1ccc(C(=O)Nc2cc(NC(=O)C(C)C)ccc2C)cc1. The Hall–Kier alpha value is -3.15. The van der Waals surface area contributed by atoms with Gasteiger partial charge >= 0.3 is 0 Å². The van der Waals surface area contributed by atoms with Gasteiger partial charge in [-0.05, 0) is 42.3 Å². The average Bonchev–Trinajstić information content (AvgIpc) is 2.63. The molecule has 0 atom stereocenters. The third-order valence-corrected chi connectivity index (χ3v) is 4.04. The van der Waals surface area contributed by atoms with Crippen molar-refractivity contribution in [3.63, 3.8) is 0 Å². The Morgan fingerprint density at radius 2 is 1.63 bits per heavy atom. The average molecular weight is 367 g/mol. The normalized spacial score (nSPS) is 10.4. The number of aryl methyl sites for hydroxylation is 1. The van der Waals surface area contributed by atoms with Gasteiger partial charge in [-0.15, -0.1) is 0 Å². The smallest absolute Gasteiger partial charge is 0.255 e. The Morgan fingerprint density at radius 3 is 2.22 bits per heavy atom. The molecule has 3 N–H and O–H groups in total. The largest absolute Gasteiger partial charge is 0.352 e. The van der Waals surface area contributed by atoms with Gasteiger partial charge in [0, 0.05) is 36.3 Å². The highest BCUT2D eigenvalue weighted by Gasteiger charge is 2.11. The minimum atomic E-state index is -0.239. The fourth-order valence-corrected chi connectivity index (χ4v) is 2.32. The van der Waals surface area contributed by atoms with Crippen molar-refractivity contribution < 1.29 is 14.4 Å². The molecule has 0 heterocycles. The lowest BCUT2D eigenvalue weighted by Crippen LogP contribution is -2.19. The molecule has 0 unspecified atom stereocenters. The highest BCUT2D eigenvalue weighted by atomic mass is 16.2. The first-order chi connectivity index (χ1) is 12.8. The summed E-state index contributed by atoms with van der Waals surface area (Å²) in [6, 6.07) is 12.4. The molecule has 0 fully saturated rings. The van der Waals surface area contributed by atoms with E-state index < -0.39 is 0 Å². The molecule has 0 spiro atoms. The molecule has 0 aromatic heterocycles. The van der Waals surface area contributed by atoms with Crippen molar-refractivity contribution in [3.05, 3.63) is 59.2 Å². The van der Waals surface area contributed by atoms with Crippen molar-refractivity contribution in [1.29, 1.82) is 0 Å². The van der Waals surface area contributed by atoms with E-state index in [0.717, 1.165) is 11.1 Å². The fourth-order valence-electron chi connectivity index (χ4n) is 2.32. The molecule has 6 nitrogen and oxygen atoms in total. The van der Waals surface area contributed by atoms with Crippen molar-refractivity contribution in [2.75, 3.05) is 10.6 Å². The summed E-state index contributed by atoms with van der Waals surface area (Å²) >= 11 is 0. The van der Waals surface area contributed by atoms with E-state index in [4.69, 9.17) is 0 Å². The quantitative estimate of drug-likeness (QED) is 0.730. The second-order valence-electron chi connectivity index (χ2n) is 6.73. The van der Waals surface area contributed by atoms with Gasteiger partial charge in [-0.25, -0.2) is 0 Å². The Kier molecular flexibility index (Phi) is 6.71. The Balaban J connectivity index is 2.08. The second kappa shape index (κ2) is 8.98. The summed E-state index contributed by atoms with van der Waals surface area (Å²) in [5.74, 6) is -0.542. The van der Waals surface area contributed by atoms with Gasteiger partial charge < -0.3 is 16.0 Å². The maximum Gasteiger partial charge on any atom is 0.255 e. The first-order valence-electron chi connectivity index (χ1n) is 8.82. The molecule has 2 rings (SSSR count). The zero-order valence-electron chi connectivity index (χ0n) is 16.1. The van der Waals surface area contributed by atoms with E-state index in [0.29, 0.717) is 23.5 Å². The van der Waals surface area contributed by atoms with Gasteiger partial charge in [-0.1, -0.05) is 32.0 Å². The van der Waals surface area contributed by atoms with Gasteiger partial charge in [0.1, 0.15) is 0 Å². The van der Waals surface area contributed by atoms with Crippen LogP contribution in [-0.2, 0) is 16.1 Å². The van der Waals surface area contributed by atoms with Crippen LogP contribution in [0, 0.1) is 12.8 Å². The van der Waals surface area contributed by atoms with Crippen molar-refractivity contribution in [2.45, 2.75) is 34.2 Å². The zero-order chi connectivity index (χ0) is 20.0. The van der Waals surface area contributed by atoms with Crippen LogP contribution in [0.25, 0.3) is 0 Å². The van der Waals surface area contributed by atoms with Gasteiger partial charge in [0.15, 0.2) is 0 Å². The maximum atomic E-state index is 12.5. The van der Waals surface area contributed by atoms with E-state index in [2.05, 4.69) is 16.0 Å². The van der Waals surface area contributed by atoms with Crippen molar-refractivity contribution >= 4 is 29.1 Å². The molecule has 0 aliphatic carbocycles. The van der Waals surface area contributed by atoms with E-state index in [-0.39, 0.29) is 23.6 Å². The number of hydrogen-bond acceptors (Lipinski definition) is 3. The molecule has 2 aromatic carbocycles. The fraction of sp³-hybridized carbons (Fsp3) is 0.286. The van der Waals surface area contributed by atoms with Crippen molar-refractivity contribution in [1.82, 2.24) is 5.32 Å². The van der Waals surface area contributed by atoms with E-state index in [1.54, 1.807) is 30.3 Å². The predicted molar refractivity (Wildman–Crippen MR) is 107 cm³/mol. The zero-order valence-corrected chi connectivity index (χ0v) is 16.1. The number of carbonyl (C=O) groups excluding carboxylic acids is 3. The van der Waals surface area contributed by atoms with E-state index in [9.17, 15) is 14.4 Å². The number of amides is 3. The summed E-state index contributed by atoms with van der Waals surface area (Å²) in [7, 11) is 0. The first-order valence-corrected chi connectivity index (χ1v) is 8.82. The minimum Gasteiger partial charge on any atom is -0.352 e. The molecule has 142 valence electrons. The minimum absolute atomic E-state index is 0.0779. The standard InChI is InChI=1S/C21H25N3O3/c1-13(2)20(26)23-18-10-5-14(3)19(11-18)24-21(27)17-8-6-16(7-9-17)12-22-15(4)25/h5-11,13H,12H2,1-4H3,(H,22,25)(H,23,26)(H,24,27). The van der Waals surface area contributed by atoms with E-state index in [1.165, 1.54) is 6.92 Å². The molecule has 0 saturated heterocycles. The van der Waals surface area contributed by atoms with Crippen LogP contribution >= 0.6 is 0 Å². The number of anilines is 2. The molecule has 0 radical (unpaired) electrons. The number of nitrogens with one attached hydrogen (secondary N) is 3. The molecule has 2 aromatic rings. The number of carbonyl (C=O) groups is 3. The van der Waals surface area contributed by atoms with Crippen LogP contribution in [0.4, 0.5) is 11.4 Å². The third-order valence-electron chi connectivity index (χ3n) is 4.04. The highest BCUT2D eigenvalue weighted by Crippen LogP contribution is 2.21. The van der Waals surface area contributed by atoms with Crippen LogP contribution in [-0.4, -0.2) is 17.7 Å². The Bertz CT molecular complexity index is 842. The number of benzene rings is 2. The number of hydrogen-bond donors (Lipinski definition) is 3. The molecular weight excluding hydrogens is 342 g/mol. The molecule has 6 heteroatoms. The molecule has 0 aliphatic heterocycles. The summed E-state index contributed by atoms with van der Waals surface area (Å²) < 4.78 is 0. The summed E-state index contributed by atoms with van der Waals surface area (Å²) in [4.78, 5) is 35.3. The third kappa shape index (κ3) is 5.95. The summed E-state index contributed by atoms with van der Waals surface area (Å²) in [5.41, 5.74) is 3.60. The van der Waals surface area contributed by atoms with Crippen LogP contribution in [0.15, 0.2) is 42.5 Å². The lowest BCUT2D eigenvalue weighted by molar-refractivity contribution is -0.119. The summed E-state index contributed by atoms with van der Waals surface area (Å²) in [6.45, 7) is 7.42. The summed E-state index contributed by atoms with van der Waals surface area (Å²) in [6.07, 6.45) is 0. The molecular formula is C21H25N3O3. The van der Waals surface area contributed by atoms with Gasteiger partial charge in [-0.2, -0.15) is 0 Å². The molecule has 0 bridgehead atoms. The van der Waals surface area contributed by atoms with Crippen molar-refractivity contribution in [2.24, 2.45) is 5.92 Å². The highest BCUT2D eigenvalue weighted by molar-refractivity contribution is 6.05. The van der Waals surface area contributed by atoms with Crippen LogP contribution in [0.5, 0.6) is 0 Å². The van der Waals surface area contributed by atoms with Crippen LogP contribution < -0.4 is 16.0 Å². The lowest BCUT2D eigenvalue weighted by Gasteiger charge is -2.13.